The molecule has 0 bridgehead atoms. The number of ether oxygens (including phenoxy) is 1. The van der Waals surface area contributed by atoms with Crippen LogP contribution in [0.3, 0.4) is 0 Å². The first-order valence-electron chi connectivity index (χ1n) is 15.7. The summed E-state index contributed by atoms with van der Waals surface area (Å²) >= 11 is 0. The lowest BCUT2D eigenvalue weighted by Gasteiger charge is -2.18. The number of aliphatic carboxylic acids is 1. The van der Waals surface area contributed by atoms with Crippen molar-refractivity contribution in [3.8, 4) is 0 Å². The van der Waals surface area contributed by atoms with Gasteiger partial charge in [-0.05, 0) is 38.5 Å². The molecule has 6 nitrogen and oxygen atoms in total. The molecule has 0 rings (SSSR count). The molecule has 0 aromatic carbocycles. The fourth-order valence-corrected chi connectivity index (χ4v) is 4.69. The third-order valence-electron chi connectivity index (χ3n) is 7.03. The zero-order valence-corrected chi connectivity index (χ0v) is 24.3. The van der Waals surface area contributed by atoms with Crippen LogP contribution in [-0.2, 0) is 19.1 Å². The largest absolute Gasteiger partial charge is 0.480 e. The molecular weight excluding hydrogens is 466 g/mol. The van der Waals surface area contributed by atoms with Crippen molar-refractivity contribution < 1.29 is 24.2 Å². The van der Waals surface area contributed by atoms with E-state index in [1.54, 1.807) is 0 Å². The molecule has 0 aromatic heterocycles. The van der Waals surface area contributed by atoms with Crippen LogP contribution in [0.2, 0.25) is 0 Å². The van der Waals surface area contributed by atoms with Crippen LogP contribution in [-0.4, -0.2) is 35.6 Å². The summed E-state index contributed by atoms with van der Waals surface area (Å²) in [6.45, 7) is 4.16. The van der Waals surface area contributed by atoms with Crippen LogP contribution in [0.4, 0.5) is 0 Å². The predicted octanol–water partition coefficient (Wildman–Crippen LogP) is 8.50. The molecule has 0 aliphatic carbocycles. The van der Waals surface area contributed by atoms with Gasteiger partial charge in [-0.1, -0.05) is 117 Å². The van der Waals surface area contributed by atoms with E-state index in [2.05, 4.69) is 19.2 Å². The topological polar surface area (TPSA) is 92.7 Å². The zero-order valence-electron chi connectivity index (χ0n) is 24.3. The molecule has 1 amide bonds. The van der Waals surface area contributed by atoms with Crippen molar-refractivity contribution >= 4 is 17.8 Å². The SMILES string of the molecule is CCCCCCCCCCCCCC(=O)OC(CCCCCCC)CCCCCCC(=O)NCC(=O)O. The lowest BCUT2D eigenvalue weighted by Crippen LogP contribution is -2.28. The summed E-state index contributed by atoms with van der Waals surface area (Å²) in [7, 11) is 0. The Labute approximate surface area is 228 Å². The number of rotatable bonds is 28. The number of carbonyl (C=O) groups excluding carboxylic acids is 2. The van der Waals surface area contributed by atoms with Crippen molar-refractivity contribution in [1.29, 1.82) is 0 Å². The minimum absolute atomic E-state index is 0.0145. The molecule has 0 aliphatic rings. The van der Waals surface area contributed by atoms with Crippen LogP contribution in [0.15, 0.2) is 0 Å². The first kappa shape index (κ1) is 35.4. The molecule has 0 aliphatic heterocycles. The lowest BCUT2D eigenvalue weighted by molar-refractivity contribution is -0.150. The van der Waals surface area contributed by atoms with Gasteiger partial charge in [0.1, 0.15) is 12.6 Å². The van der Waals surface area contributed by atoms with Crippen molar-refractivity contribution in [3.05, 3.63) is 0 Å². The molecule has 0 aromatic rings. The quantitative estimate of drug-likeness (QED) is 0.0789. The molecule has 218 valence electrons. The Morgan fingerprint density at radius 3 is 1.46 bits per heavy atom. The van der Waals surface area contributed by atoms with Crippen molar-refractivity contribution in [2.45, 2.75) is 174 Å². The van der Waals surface area contributed by atoms with Crippen LogP contribution in [0, 0.1) is 0 Å². The van der Waals surface area contributed by atoms with Gasteiger partial charge in [0.2, 0.25) is 5.91 Å². The number of carbonyl (C=O) groups is 3. The summed E-state index contributed by atoms with van der Waals surface area (Å²) in [6.07, 6.45) is 26.5. The van der Waals surface area contributed by atoms with Crippen molar-refractivity contribution in [3.63, 3.8) is 0 Å². The fourth-order valence-electron chi connectivity index (χ4n) is 4.69. The number of hydrogen-bond donors (Lipinski definition) is 2. The third kappa shape index (κ3) is 27.3. The van der Waals surface area contributed by atoms with E-state index in [4.69, 9.17) is 9.84 Å². The second kappa shape index (κ2) is 27.4. The van der Waals surface area contributed by atoms with Gasteiger partial charge in [-0.2, -0.15) is 0 Å². The van der Waals surface area contributed by atoms with E-state index in [9.17, 15) is 14.4 Å². The Morgan fingerprint density at radius 1 is 0.595 bits per heavy atom. The molecule has 0 saturated carbocycles. The van der Waals surface area contributed by atoms with Crippen LogP contribution in [0.1, 0.15) is 168 Å². The molecule has 0 radical (unpaired) electrons. The Kier molecular flexibility index (Phi) is 26.3. The molecular formula is C31H59NO5. The first-order valence-corrected chi connectivity index (χ1v) is 15.7. The monoisotopic (exact) mass is 525 g/mol. The number of hydrogen-bond acceptors (Lipinski definition) is 4. The molecule has 6 heteroatoms. The van der Waals surface area contributed by atoms with E-state index in [-0.39, 0.29) is 24.5 Å². The van der Waals surface area contributed by atoms with Crippen LogP contribution in [0.5, 0.6) is 0 Å². The van der Waals surface area contributed by atoms with Crippen LogP contribution in [0.25, 0.3) is 0 Å². The second-order valence-corrected chi connectivity index (χ2v) is 10.7. The third-order valence-corrected chi connectivity index (χ3v) is 7.03. The molecule has 1 unspecified atom stereocenters. The average Bonchev–Trinajstić information content (AvgIpc) is 2.87. The van der Waals surface area contributed by atoms with E-state index in [0.29, 0.717) is 12.8 Å². The van der Waals surface area contributed by atoms with Gasteiger partial charge in [-0.25, -0.2) is 0 Å². The van der Waals surface area contributed by atoms with Gasteiger partial charge in [-0.15, -0.1) is 0 Å². The number of amides is 1. The summed E-state index contributed by atoms with van der Waals surface area (Å²) in [4.78, 5) is 34.5. The van der Waals surface area contributed by atoms with Gasteiger partial charge < -0.3 is 15.2 Å². The van der Waals surface area contributed by atoms with Crippen LogP contribution < -0.4 is 5.32 Å². The standard InChI is InChI=1S/C31H59NO5/c1-3-5-7-9-10-11-12-13-14-16-22-26-31(36)37-28(23-19-15-8-6-4-2)24-20-17-18-21-25-29(33)32-27-30(34)35/h28H,3-27H2,1-2H3,(H,32,33)(H,34,35). The molecule has 2 N–H and O–H groups in total. The van der Waals surface area contributed by atoms with Crippen molar-refractivity contribution in [2.75, 3.05) is 6.54 Å². The van der Waals surface area contributed by atoms with Gasteiger partial charge in [0.15, 0.2) is 0 Å². The molecule has 37 heavy (non-hydrogen) atoms. The highest BCUT2D eigenvalue weighted by Gasteiger charge is 2.14. The van der Waals surface area contributed by atoms with Crippen molar-refractivity contribution in [2.24, 2.45) is 0 Å². The molecule has 0 saturated heterocycles. The highest BCUT2D eigenvalue weighted by atomic mass is 16.5. The minimum atomic E-state index is -1.02. The second-order valence-electron chi connectivity index (χ2n) is 10.7. The van der Waals surface area contributed by atoms with Crippen molar-refractivity contribution in [1.82, 2.24) is 5.32 Å². The maximum absolute atomic E-state index is 12.5. The Hall–Kier alpha value is -1.59. The maximum Gasteiger partial charge on any atom is 0.322 e. The summed E-state index contributed by atoms with van der Waals surface area (Å²) in [5.74, 6) is -1.26. The Balaban J connectivity index is 4.01. The van der Waals surface area contributed by atoms with Crippen LogP contribution >= 0.6 is 0 Å². The maximum atomic E-state index is 12.5. The highest BCUT2D eigenvalue weighted by molar-refractivity contribution is 5.80. The van der Waals surface area contributed by atoms with Gasteiger partial charge in [0.05, 0.1) is 0 Å². The number of nitrogens with one attached hydrogen (secondary N) is 1. The smallest absolute Gasteiger partial charge is 0.322 e. The van der Waals surface area contributed by atoms with E-state index >= 15 is 0 Å². The van der Waals surface area contributed by atoms with E-state index in [0.717, 1.165) is 57.8 Å². The summed E-state index contributed by atoms with van der Waals surface area (Å²) < 4.78 is 5.89. The number of carboxylic acid groups (broad SMARTS) is 1. The first-order chi connectivity index (χ1) is 18.0. The zero-order chi connectivity index (χ0) is 27.4. The number of carboxylic acids is 1. The van der Waals surface area contributed by atoms with E-state index in [1.807, 2.05) is 0 Å². The van der Waals surface area contributed by atoms with Gasteiger partial charge >= 0.3 is 11.9 Å². The van der Waals surface area contributed by atoms with Gasteiger partial charge in [0, 0.05) is 12.8 Å². The molecule has 0 heterocycles. The van der Waals surface area contributed by atoms with E-state index in [1.165, 1.54) is 83.5 Å². The number of esters is 1. The molecule has 0 spiro atoms. The normalized spacial score (nSPS) is 11.8. The lowest BCUT2D eigenvalue weighted by atomic mass is 10.0. The Bertz CT molecular complexity index is 552. The number of unbranched alkanes of at least 4 members (excludes halogenated alkanes) is 17. The minimum Gasteiger partial charge on any atom is -0.480 e. The average molecular weight is 526 g/mol. The van der Waals surface area contributed by atoms with E-state index < -0.39 is 5.97 Å². The van der Waals surface area contributed by atoms with Gasteiger partial charge in [-0.3, -0.25) is 14.4 Å². The molecule has 0 fully saturated rings. The summed E-state index contributed by atoms with van der Waals surface area (Å²) in [6, 6.07) is 0. The highest BCUT2D eigenvalue weighted by Crippen LogP contribution is 2.18. The Morgan fingerprint density at radius 2 is 1.00 bits per heavy atom. The van der Waals surface area contributed by atoms with Gasteiger partial charge in [0.25, 0.3) is 0 Å². The summed E-state index contributed by atoms with van der Waals surface area (Å²) in [5.41, 5.74) is 0. The fraction of sp³-hybridized carbons (Fsp3) is 0.903. The summed E-state index contributed by atoms with van der Waals surface area (Å²) in [5, 5.41) is 11.0. The molecule has 1 atom stereocenters. The predicted molar refractivity (Wildman–Crippen MR) is 153 cm³/mol.